The van der Waals surface area contributed by atoms with Crippen LogP contribution in [-0.4, -0.2) is 28.4 Å². The van der Waals surface area contributed by atoms with E-state index in [-0.39, 0.29) is 0 Å². The highest BCUT2D eigenvalue weighted by Gasteiger charge is 2.52. The molecule has 0 bridgehead atoms. The average Bonchev–Trinajstić information content (AvgIpc) is 2.47. The minimum absolute atomic E-state index is 0.391. The van der Waals surface area contributed by atoms with E-state index in [1.165, 1.54) is 0 Å². The molecule has 1 N–H and O–H groups in total. The predicted molar refractivity (Wildman–Crippen MR) is 75.3 cm³/mol. The fourth-order valence-corrected chi connectivity index (χ4v) is 2.11. The van der Waals surface area contributed by atoms with Gasteiger partial charge in [0.05, 0.1) is 23.0 Å². The van der Waals surface area contributed by atoms with E-state index in [0.717, 1.165) is 11.0 Å². The van der Waals surface area contributed by atoms with Crippen molar-refractivity contribution in [2.45, 2.75) is 58.8 Å². The SMILES string of the molecule is Cc1cnc(C(C)O)c(B2OC(C)(C)C(C)(C)O2)c1. The number of rotatable bonds is 2. The van der Waals surface area contributed by atoms with E-state index in [1.807, 2.05) is 40.7 Å². The van der Waals surface area contributed by atoms with Gasteiger partial charge in [-0.2, -0.15) is 0 Å². The van der Waals surface area contributed by atoms with Crippen LogP contribution in [-0.2, 0) is 9.31 Å². The summed E-state index contributed by atoms with van der Waals surface area (Å²) in [4.78, 5) is 4.31. The molecule has 0 aromatic carbocycles. The zero-order valence-electron chi connectivity index (χ0n) is 12.5. The fourth-order valence-electron chi connectivity index (χ4n) is 2.11. The molecule has 1 aromatic heterocycles. The van der Waals surface area contributed by atoms with E-state index in [1.54, 1.807) is 13.1 Å². The standard InChI is InChI=1S/C14H22BNO3/c1-9-7-11(12(10(2)17)16-8-9)15-18-13(3,4)14(5,6)19-15/h7-8,10,17H,1-6H3. The van der Waals surface area contributed by atoms with Gasteiger partial charge in [0, 0.05) is 11.7 Å². The molecule has 4 nitrogen and oxygen atoms in total. The summed E-state index contributed by atoms with van der Waals surface area (Å²) in [7, 11) is -0.484. The molecular formula is C14H22BNO3. The lowest BCUT2D eigenvalue weighted by molar-refractivity contribution is 0.00578. The first-order valence-electron chi connectivity index (χ1n) is 6.64. The first-order chi connectivity index (χ1) is 8.64. The van der Waals surface area contributed by atoms with Gasteiger partial charge < -0.3 is 14.4 Å². The molecular weight excluding hydrogens is 241 g/mol. The Morgan fingerprint density at radius 1 is 1.21 bits per heavy atom. The minimum Gasteiger partial charge on any atom is -0.399 e. The number of hydrogen-bond acceptors (Lipinski definition) is 4. The summed E-state index contributed by atoms with van der Waals surface area (Å²) >= 11 is 0. The van der Waals surface area contributed by atoms with Crippen LogP contribution in [0.4, 0.5) is 0 Å². The zero-order chi connectivity index (χ0) is 14.4. The molecule has 0 saturated carbocycles. The molecule has 2 heterocycles. The number of nitrogens with zero attached hydrogens (tertiary/aromatic N) is 1. The van der Waals surface area contributed by atoms with E-state index in [0.29, 0.717) is 5.69 Å². The van der Waals surface area contributed by atoms with Crippen LogP contribution in [0.2, 0.25) is 0 Å². The van der Waals surface area contributed by atoms with Crippen molar-refractivity contribution >= 4 is 12.6 Å². The van der Waals surface area contributed by atoms with Gasteiger partial charge in [-0.1, -0.05) is 6.07 Å². The molecule has 0 radical (unpaired) electrons. The monoisotopic (exact) mass is 263 g/mol. The van der Waals surface area contributed by atoms with E-state index >= 15 is 0 Å². The van der Waals surface area contributed by atoms with Crippen molar-refractivity contribution in [2.75, 3.05) is 0 Å². The topological polar surface area (TPSA) is 51.6 Å². The van der Waals surface area contributed by atoms with Crippen molar-refractivity contribution in [1.82, 2.24) is 4.98 Å². The number of aliphatic hydroxyl groups excluding tert-OH is 1. The van der Waals surface area contributed by atoms with Crippen molar-refractivity contribution < 1.29 is 14.4 Å². The molecule has 1 unspecified atom stereocenters. The van der Waals surface area contributed by atoms with Gasteiger partial charge in [0.1, 0.15) is 0 Å². The lowest BCUT2D eigenvalue weighted by Crippen LogP contribution is -2.41. The third-order valence-electron chi connectivity index (χ3n) is 3.99. The Bertz CT molecular complexity index is 470. The summed E-state index contributed by atoms with van der Waals surface area (Å²) in [6, 6.07) is 1.97. The van der Waals surface area contributed by atoms with Crippen LogP contribution in [0, 0.1) is 6.92 Å². The summed E-state index contributed by atoms with van der Waals surface area (Å²) in [6.45, 7) is 11.7. The largest absolute Gasteiger partial charge is 0.496 e. The maximum Gasteiger partial charge on any atom is 0.496 e. The van der Waals surface area contributed by atoms with Crippen LogP contribution in [0.15, 0.2) is 12.3 Å². The summed E-state index contributed by atoms with van der Waals surface area (Å²) in [5, 5.41) is 9.84. The molecule has 1 atom stereocenters. The van der Waals surface area contributed by atoms with Crippen molar-refractivity contribution in [2.24, 2.45) is 0 Å². The highest BCUT2D eigenvalue weighted by Crippen LogP contribution is 2.36. The van der Waals surface area contributed by atoms with Gasteiger partial charge in [0.25, 0.3) is 0 Å². The van der Waals surface area contributed by atoms with Crippen LogP contribution in [0.25, 0.3) is 0 Å². The number of aromatic nitrogens is 1. The molecule has 1 fully saturated rings. The van der Waals surface area contributed by atoms with Gasteiger partial charge in [-0.25, -0.2) is 0 Å². The zero-order valence-corrected chi connectivity index (χ0v) is 12.5. The van der Waals surface area contributed by atoms with Crippen LogP contribution < -0.4 is 5.46 Å². The van der Waals surface area contributed by atoms with Crippen molar-refractivity contribution in [3.05, 3.63) is 23.5 Å². The van der Waals surface area contributed by atoms with Crippen LogP contribution in [0.3, 0.4) is 0 Å². The molecule has 0 aliphatic carbocycles. The maximum absolute atomic E-state index is 9.84. The van der Waals surface area contributed by atoms with Crippen LogP contribution in [0.5, 0.6) is 0 Å². The third kappa shape index (κ3) is 2.55. The third-order valence-corrected chi connectivity index (χ3v) is 3.99. The summed E-state index contributed by atoms with van der Waals surface area (Å²) < 4.78 is 12.0. The first kappa shape index (κ1) is 14.5. The van der Waals surface area contributed by atoms with Gasteiger partial charge in [-0.3, -0.25) is 4.98 Å². The Kier molecular flexibility index (Phi) is 3.50. The smallest absolute Gasteiger partial charge is 0.399 e. The van der Waals surface area contributed by atoms with Gasteiger partial charge in [0.15, 0.2) is 0 Å². The molecule has 19 heavy (non-hydrogen) atoms. The molecule has 1 aromatic rings. The Labute approximate surface area is 115 Å². The maximum atomic E-state index is 9.84. The normalized spacial score (nSPS) is 22.6. The van der Waals surface area contributed by atoms with E-state index in [2.05, 4.69) is 4.98 Å². The molecule has 104 valence electrons. The quantitative estimate of drug-likeness (QED) is 0.826. The minimum atomic E-state index is -0.644. The van der Waals surface area contributed by atoms with Crippen LogP contribution >= 0.6 is 0 Å². The van der Waals surface area contributed by atoms with Gasteiger partial charge in [-0.15, -0.1) is 0 Å². The van der Waals surface area contributed by atoms with E-state index in [4.69, 9.17) is 9.31 Å². The van der Waals surface area contributed by atoms with Crippen LogP contribution in [0.1, 0.15) is 52.0 Å². The Morgan fingerprint density at radius 2 is 1.74 bits per heavy atom. The average molecular weight is 263 g/mol. The van der Waals surface area contributed by atoms with Gasteiger partial charge >= 0.3 is 7.12 Å². The number of pyridine rings is 1. The molecule has 1 aliphatic heterocycles. The Hall–Kier alpha value is -0.905. The highest BCUT2D eigenvalue weighted by molar-refractivity contribution is 6.62. The number of aryl methyl sites for hydroxylation is 1. The highest BCUT2D eigenvalue weighted by atomic mass is 16.7. The predicted octanol–water partition coefficient (Wildman–Crippen LogP) is 1.74. The summed E-state index contributed by atoms with van der Waals surface area (Å²) in [5.41, 5.74) is 1.67. The first-order valence-corrected chi connectivity index (χ1v) is 6.64. The lowest BCUT2D eigenvalue weighted by atomic mass is 9.76. The molecule has 0 spiro atoms. The summed E-state index contributed by atoms with van der Waals surface area (Å²) in [6.07, 6.45) is 1.10. The molecule has 0 amide bonds. The number of aliphatic hydroxyl groups is 1. The molecule has 1 aliphatic rings. The van der Waals surface area contributed by atoms with Gasteiger partial charge in [-0.05, 0) is 47.1 Å². The van der Waals surface area contributed by atoms with Crippen molar-refractivity contribution in [3.63, 3.8) is 0 Å². The molecule has 2 rings (SSSR count). The molecule has 5 heteroatoms. The second-order valence-electron chi connectivity index (χ2n) is 6.25. The molecule has 1 saturated heterocycles. The fraction of sp³-hybridized carbons (Fsp3) is 0.643. The lowest BCUT2D eigenvalue weighted by Gasteiger charge is -2.32. The van der Waals surface area contributed by atoms with E-state index < -0.39 is 24.4 Å². The van der Waals surface area contributed by atoms with Crippen molar-refractivity contribution in [1.29, 1.82) is 0 Å². The summed E-state index contributed by atoms with van der Waals surface area (Å²) in [5.74, 6) is 0. The second-order valence-corrected chi connectivity index (χ2v) is 6.25. The van der Waals surface area contributed by atoms with E-state index in [9.17, 15) is 5.11 Å². The number of hydrogen-bond donors (Lipinski definition) is 1. The van der Waals surface area contributed by atoms with Gasteiger partial charge in [0.2, 0.25) is 0 Å². The Morgan fingerprint density at radius 3 is 2.21 bits per heavy atom. The Balaban J connectivity index is 2.41. The van der Waals surface area contributed by atoms with Crippen molar-refractivity contribution in [3.8, 4) is 0 Å². The second kappa shape index (κ2) is 4.58.